The molecule has 1 atom stereocenters. The van der Waals surface area contributed by atoms with Crippen LogP contribution in [0, 0.1) is 11.3 Å². The summed E-state index contributed by atoms with van der Waals surface area (Å²) in [5.41, 5.74) is 0.545. The highest BCUT2D eigenvalue weighted by Crippen LogP contribution is 2.39. The maximum absolute atomic E-state index is 3.72. The fraction of sp³-hybridized carbons (Fsp3) is 1.00. The first-order valence-corrected chi connectivity index (χ1v) is 9.79. The SMILES string of the molecule is CCCNCC1(CN(C)C2CCSC2)CCC(C)CC1. The van der Waals surface area contributed by atoms with Gasteiger partial charge in [-0.1, -0.05) is 26.7 Å². The van der Waals surface area contributed by atoms with Gasteiger partial charge in [-0.05, 0) is 56.4 Å². The van der Waals surface area contributed by atoms with Crippen LogP contribution in [0.25, 0.3) is 0 Å². The van der Waals surface area contributed by atoms with Crippen LogP contribution >= 0.6 is 11.8 Å². The summed E-state index contributed by atoms with van der Waals surface area (Å²) in [6, 6.07) is 0.836. The second-order valence-electron chi connectivity index (χ2n) is 7.29. The Hall–Kier alpha value is 0.270. The highest BCUT2D eigenvalue weighted by atomic mass is 32.2. The molecule has 118 valence electrons. The van der Waals surface area contributed by atoms with E-state index < -0.39 is 0 Å². The molecule has 2 rings (SSSR count). The zero-order valence-corrected chi connectivity index (χ0v) is 14.6. The minimum Gasteiger partial charge on any atom is -0.316 e. The second kappa shape index (κ2) is 8.05. The average molecular weight is 299 g/mol. The lowest BCUT2D eigenvalue weighted by molar-refractivity contribution is 0.0836. The fourth-order valence-electron chi connectivity index (χ4n) is 3.82. The van der Waals surface area contributed by atoms with Crippen LogP contribution in [0.4, 0.5) is 0 Å². The summed E-state index contributed by atoms with van der Waals surface area (Å²) in [5.74, 6) is 3.67. The topological polar surface area (TPSA) is 15.3 Å². The van der Waals surface area contributed by atoms with E-state index in [1.165, 1.54) is 69.7 Å². The van der Waals surface area contributed by atoms with Crippen LogP contribution in [0.1, 0.15) is 52.4 Å². The van der Waals surface area contributed by atoms with Crippen molar-refractivity contribution in [3.8, 4) is 0 Å². The molecular weight excluding hydrogens is 264 g/mol. The first-order valence-electron chi connectivity index (χ1n) is 8.64. The predicted molar refractivity (Wildman–Crippen MR) is 91.6 cm³/mol. The van der Waals surface area contributed by atoms with Gasteiger partial charge in [-0.2, -0.15) is 11.8 Å². The number of hydrogen-bond acceptors (Lipinski definition) is 3. The van der Waals surface area contributed by atoms with Gasteiger partial charge in [-0.25, -0.2) is 0 Å². The van der Waals surface area contributed by atoms with Crippen LogP contribution in [0.2, 0.25) is 0 Å². The van der Waals surface area contributed by atoms with Gasteiger partial charge in [0, 0.05) is 24.9 Å². The molecule has 2 fully saturated rings. The Labute approximate surface area is 130 Å². The van der Waals surface area contributed by atoms with Crippen molar-refractivity contribution in [2.45, 2.75) is 58.4 Å². The van der Waals surface area contributed by atoms with Crippen molar-refractivity contribution in [2.75, 3.05) is 38.2 Å². The van der Waals surface area contributed by atoms with Gasteiger partial charge in [0.05, 0.1) is 0 Å². The molecule has 1 aliphatic carbocycles. The van der Waals surface area contributed by atoms with Gasteiger partial charge in [-0.15, -0.1) is 0 Å². The Kier molecular flexibility index (Phi) is 6.70. The minimum atomic E-state index is 0.545. The normalized spacial score (nSPS) is 34.8. The van der Waals surface area contributed by atoms with E-state index in [0.717, 1.165) is 12.0 Å². The lowest BCUT2D eigenvalue weighted by Crippen LogP contribution is -2.48. The first-order chi connectivity index (χ1) is 9.65. The molecule has 0 amide bonds. The van der Waals surface area contributed by atoms with Gasteiger partial charge in [0.15, 0.2) is 0 Å². The summed E-state index contributed by atoms with van der Waals surface area (Å²) in [5, 5.41) is 3.72. The summed E-state index contributed by atoms with van der Waals surface area (Å²) in [7, 11) is 2.37. The quantitative estimate of drug-likeness (QED) is 0.723. The molecule has 1 saturated carbocycles. The Morgan fingerprint density at radius 2 is 2.00 bits per heavy atom. The molecule has 0 radical (unpaired) electrons. The van der Waals surface area contributed by atoms with Crippen molar-refractivity contribution in [2.24, 2.45) is 11.3 Å². The van der Waals surface area contributed by atoms with Gasteiger partial charge >= 0.3 is 0 Å². The Balaban J connectivity index is 1.90. The Morgan fingerprint density at radius 1 is 1.25 bits per heavy atom. The van der Waals surface area contributed by atoms with E-state index >= 15 is 0 Å². The van der Waals surface area contributed by atoms with Crippen LogP contribution in [0.15, 0.2) is 0 Å². The predicted octanol–water partition coefficient (Wildman–Crippen LogP) is 3.62. The molecule has 20 heavy (non-hydrogen) atoms. The first kappa shape index (κ1) is 16.6. The number of rotatable bonds is 7. The molecular formula is C17H34N2S. The highest BCUT2D eigenvalue weighted by molar-refractivity contribution is 7.99. The number of nitrogens with zero attached hydrogens (tertiary/aromatic N) is 1. The Morgan fingerprint density at radius 3 is 2.60 bits per heavy atom. The minimum absolute atomic E-state index is 0.545. The van der Waals surface area contributed by atoms with E-state index in [0.29, 0.717) is 5.41 Å². The fourth-order valence-corrected chi connectivity index (χ4v) is 5.12. The largest absolute Gasteiger partial charge is 0.316 e. The van der Waals surface area contributed by atoms with E-state index in [2.05, 4.69) is 42.9 Å². The van der Waals surface area contributed by atoms with Crippen molar-refractivity contribution in [3.63, 3.8) is 0 Å². The van der Waals surface area contributed by atoms with Gasteiger partial charge < -0.3 is 10.2 Å². The maximum atomic E-state index is 3.72. The third kappa shape index (κ3) is 4.64. The van der Waals surface area contributed by atoms with Gasteiger partial charge in [-0.3, -0.25) is 0 Å². The van der Waals surface area contributed by atoms with Crippen molar-refractivity contribution in [1.82, 2.24) is 10.2 Å². The number of nitrogens with one attached hydrogen (secondary N) is 1. The Bertz CT molecular complexity index is 268. The third-order valence-corrected chi connectivity index (χ3v) is 6.52. The zero-order chi connectivity index (χ0) is 14.4. The lowest BCUT2D eigenvalue weighted by atomic mass is 9.70. The van der Waals surface area contributed by atoms with Crippen LogP contribution in [-0.2, 0) is 0 Å². The molecule has 3 heteroatoms. The monoisotopic (exact) mass is 298 g/mol. The van der Waals surface area contributed by atoms with E-state index in [1.807, 2.05) is 0 Å². The van der Waals surface area contributed by atoms with Crippen LogP contribution in [0.5, 0.6) is 0 Å². The molecule has 2 nitrogen and oxygen atoms in total. The van der Waals surface area contributed by atoms with Crippen molar-refractivity contribution >= 4 is 11.8 Å². The van der Waals surface area contributed by atoms with Gasteiger partial charge in [0.1, 0.15) is 0 Å². The van der Waals surface area contributed by atoms with Crippen LogP contribution in [-0.4, -0.2) is 49.1 Å². The van der Waals surface area contributed by atoms with E-state index in [9.17, 15) is 0 Å². The summed E-state index contributed by atoms with van der Waals surface area (Å²) < 4.78 is 0. The average Bonchev–Trinajstić information content (AvgIpc) is 2.97. The zero-order valence-electron chi connectivity index (χ0n) is 13.8. The molecule has 1 saturated heterocycles. The summed E-state index contributed by atoms with van der Waals surface area (Å²) in [4.78, 5) is 2.68. The van der Waals surface area contributed by atoms with E-state index in [1.54, 1.807) is 0 Å². The standard InChI is InChI=1S/C17H34N2S/c1-4-10-18-13-17(8-5-15(2)6-9-17)14-19(3)16-7-11-20-12-16/h15-16,18H,4-14H2,1-3H3. The summed E-state index contributed by atoms with van der Waals surface area (Å²) >= 11 is 2.14. The van der Waals surface area contributed by atoms with Crippen molar-refractivity contribution in [1.29, 1.82) is 0 Å². The van der Waals surface area contributed by atoms with Crippen LogP contribution in [0.3, 0.4) is 0 Å². The van der Waals surface area contributed by atoms with E-state index in [4.69, 9.17) is 0 Å². The van der Waals surface area contributed by atoms with Crippen LogP contribution < -0.4 is 5.32 Å². The molecule has 0 aromatic heterocycles. The summed E-state index contributed by atoms with van der Waals surface area (Å²) in [6.45, 7) is 8.42. The third-order valence-electron chi connectivity index (χ3n) is 5.38. The van der Waals surface area contributed by atoms with Gasteiger partial charge in [0.2, 0.25) is 0 Å². The summed E-state index contributed by atoms with van der Waals surface area (Å²) in [6.07, 6.45) is 8.36. The maximum Gasteiger partial charge on any atom is 0.0191 e. The number of hydrogen-bond donors (Lipinski definition) is 1. The molecule has 1 aliphatic heterocycles. The molecule has 1 heterocycles. The molecule has 0 spiro atoms. The smallest absolute Gasteiger partial charge is 0.0191 e. The van der Waals surface area contributed by atoms with Gasteiger partial charge in [0.25, 0.3) is 0 Å². The van der Waals surface area contributed by atoms with E-state index in [-0.39, 0.29) is 0 Å². The van der Waals surface area contributed by atoms with Crippen molar-refractivity contribution in [3.05, 3.63) is 0 Å². The highest BCUT2D eigenvalue weighted by Gasteiger charge is 2.36. The molecule has 0 bridgehead atoms. The molecule has 1 unspecified atom stereocenters. The molecule has 0 aromatic carbocycles. The second-order valence-corrected chi connectivity index (χ2v) is 8.44. The molecule has 0 aromatic rings. The van der Waals surface area contributed by atoms with Crippen molar-refractivity contribution < 1.29 is 0 Å². The lowest BCUT2D eigenvalue weighted by Gasteiger charge is -2.43. The number of thioether (sulfide) groups is 1. The molecule has 1 N–H and O–H groups in total. The molecule has 2 aliphatic rings.